The highest BCUT2D eigenvalue weighted by molar-refractivity contribution is 6.31. The summed E-state index contributed by atoms with van der Waals surface area (Å²) < 4.78 is 10.9. The molecular weight excluding hydrogens is 344 g/mol. The number of hydrogen-bond acceptors (Lipinski definition) is 4. The summed E-state index contributed by atoms with van der Waals surface area (Å²) in [5.74, 6) is 0. The van der Waals surface area contributed by atoms with E-state index in [1.54, 1.807) is 0 Å². The zero-order valence-electron chi connectivity index (χ0n) is 14.3. The van der Waals surface area contributed by atoms with Crippen molar-refractivity contribution >= 4 is 17.6 Å². The maximum atomic E-state index is 12.1. The highest BCUT2D eigenvalue weighted by Gasteiger charge is 2.36. The summed E-state index contributed by atoms with van der Waals surface area (Å²) in [5, 5.41) is 3.63. The molecule has 138 valence electrons. The van der Waals surface area contributed by atoms with Crippen molar-refractivity contribution in [2.24, 2.45) is 0 Å². The van der Waals surface area contributed by atoms with Gasteiger partial charge in [0.2, 0.25) is 0 Å². The van der Waals surface area contributed by atoms with Gasteiger partial charge in [0.15, 0.2) is 6.29 Å². The normalized spacial score (nSPS) is 23.0. The second-order valence-corrected chi connectivity index (χ2v) is 6.98. The van der Waals surface area contributed by atoms with Crippen LogP contribution in [0.15, 0.2) is 24.3 Å². The Labute approximate surface area is 153 Å². The molecule has 2 aliphatic heterocycles. The van der Waals surface area contributed by atoms with Gasteiger partial charge in [-0.15, -0.1) is 0 Å². The Kier molecular flexibility index (Phi) is 6.53. The van der Waals surface area contributed by atoms with E-state index >= 15 is 0 Å². The predicted octanol–water partition coefficient (Wildman–Crippen LogP) is 3.15. The first-order valence-electron chi connectivity index (χ1n) is 8.83. The topological polar surface area (TPSA) is 68.8 Å². The maximum Gasteiger partial charge on any atom is 0.338 e. The fourth-order valence-corrected chi connectivity index (χ4v) is 3.74. The second-order valence-electron chi connectivity index (χ2n) is 6.57. The third-order valence-corrected chi connectivity index (χ3v) is 5.23. The molecule has 1 atom stereocenters. The quantitative estimate of drug-likeness (QED) is 0.783. The van der Waals surface area contributed by atoms with Crippen LogP contribution in [0.5, 0.6) is 0 Å². The molecule has 1 aromatic rings. The third-order valence-electron chi connectivity index (χ3n) is 4.90. The van der Waals surface area contributed by atoms with Gasteiger partial charge in [-0.2, -0.15) is 0 Å². The van der Waals surface area contributed by atoms with Gasteiger partial charge in [0.1, 0.15) is 0 Å². The van der Waals surface area contributed by atoms with Crippen LogP contribution in [-0.2, 0) is 19.7 Å². The lowest BCUT2D eigenvalue weighted by Crippen LogP contribution is -2.48. The summed E-state index contributed by atoms with van der Waals surface area (Å²) in [6.45, 7) is 2.45. The highest BCUT2D eigenvalue weighted by atomic mass is 35.5. The van der Waals surface area contributed by atoms with Crippen molar-refractivity contribution in [1.82, 2.24) is 10.8 Å². The van der Waals surface area contributed by atoms with E-state index < -0.39 is 0 Å². The molecule has 2 N–H and O–H groups in total. The lowest BCUT2D eigenvalue weighted by molar-refractivity contribution is -0.186. The SMILES string of the molecule is O=C(NCC1(c2ccccc2Cl)CCOCC1)NO[C@H]1CCCCO1. The van der Waals surface area contributed by atoms with E-state index in [9.17, 15) is 4.79 Å². The van der Waals surface area contributed by atoms with Crippen molar-refractivity contribution in [3.63, 3.8) is 0 Å². The van der Waals surface area contributed by atoms with E-state index in [4.69, 9.17) is 25.9 Å². The van der Waals surface area contributed by atoms with E-state index in [0.29, 0.717) is 26.4 Å². The molecule has 0 radical (unpaired) electrons. The van der Waals surface area contributed by atoms with Crippen LogP contribution in [0.4, 0.5) is 4.79 Å². The standard InChI is InChI=1S/C18H25ClN2O4/c19-15-6-2-1-5-14(15)18(8-11-23-12-9-18)13-20-17(22)21-25-16-7-3-4-10-24-16/h1-2,5-6,16H,3-4,7-13H2,(H2,20,21,22)/t16-/m0/s1. The number of urea groups is 1. The van der Waals surface area contributed by atoms with E-state index in [0.717, 1.165) is 42.7 Å². The van der Waals surface area contributed by atoms with Crippen LogP contribution in [0, 0.1) is 0 Å². The highest BCUT2D eigenvalue weighted by Crippen LogP contribution is 2.38. The lowest BCUT2D eigenvalue weighted by Gasteiger charge is -2.38. The predicted molar refractivity (Wildman–Crippen MR) is 94.4 cm³/mol. The zero-order chi connectivity index (χ0) is 17.5. The van der Waals surface area contributed by atoms with Gasteiger partial charge in [-0.25, -0.2) is 15.1 Å². The van der Waals surface area contributed by atoms with Crippen LogP contribution in [0.3, 0.4) is 0 Å². The van der Waals surface area contributed by atoms with E-state index in [1.807, 2.05) is 24.3 Å². The number of amides is 2. The molecule has 2 fully saturated rings. The van der Waals surface area contributed by atoms with Crippen LogP contribution < -0.4 is 10.8 Å². The summed E-state index contributed by atoms with van der Waals surface area (Å²) in [4.78, 5) is 17.4. The molecule has 2 aliphatic rings. The van der Waals surface area contributed by atoms with Gasteiger partial charge in [-0.1, -0.05) is 29.8 Å². The molecule has 25 heavy (non-hydrogen) atoms. The molecule has 2 saturated heterocycles. The number of carbonyl (C=O) groups excluding carboxylic acids is 1. The average Bonchev–Trinajstić information content (AvgIpc) is 2.67. The van der Waals surface area contributed by atoms with Crippen LogP contribution in [0.2, 0.25) is 5.02 Å². The fourth-order valence-electron chi connectivity index (χ4n) is 3.40. The largest absolute Gasteiger partial charge is 0.381 e. The average molecular weight is 369 g/mol. The molecule has 0 bridgehead atoms. The number of halogens is 1. The van der Waals surface area contributed by atoms with Crippen molar-refractivity contribution < 1.29 is 19.1 Å². The van der Waals surface area contributed by atoms with Crippen LogP contribution >= 0.6 is 11.6 Å². The number of hydrogen-bond donors (Lipinski definition) is 2. The first-order valence-corrected chi connectivity index (χ1v) is 9.21. The molecule has 2 heterocycles. The lowest BCUT2D eigenvalue weighted by atomic mass is 9.74. The van der Waals surface area contributed by atoms with Crippen molar-refractivity contribution in [3.05, 3.63) is 34.9 Å². The number of carbonyl (C=O) groups is 1. The Bertz CT molecular complexity index is 572. The van der Waals surface area contributed by atoms with Crippen LogP contribution in [-0.4, -0.2) is 38.7 Å². The number of rotatable bonds is 5. The van der Waals surface area contributed by atoms with Crippen LogP contribution in [0.25, 0.3) is 0 Å². The van der Waals surface area contributed by atoms with Gasteiger partial charge in [-0.05, 0) is 37.3 Å². The molecule has 3 rings (SSSR count). The molecule has 6 nitrogen and oxygen atoms in total. The summed E-state index contributed by atoms with van der Waals surface area (Å²) >= 11 is 6.41. The van der Waals surface area contributed by atoms with E-state index in [1.165, 1.54) is 0 Å². The van der Waals surface area contributed by atoms with Gasteiger partial charge < -0.3 is 14.8 Å². The zero-order valence-corrected chi connectivity index (χ0v) is 15.0. The summed E-state index contributed by atoms with van der Waals surface area (Å²) in [5.41, 5.74) is 3.26. The van der Waals surface area contributed by atoms with Crippen molar-refractivity contribution in [3.8, 4) is 0 Å². The van der Waals surface area contributed by atoms with Crippen molar-refractivity contribution in [1.29, 1.82) is 0 Å². The van der Waals surface area contributed by atoms with Gasteiger partial charge >= 0.3 is 6.03 Å². The minimum absolute atomic E-state index is 0.227. The Morgan fingerprint density at radius 2 is 2.04 bits per heavy atom. The van der Waals surface area contributed by atoms with Gasteiger partial charge in [0, 0.05) is 43.2 Å². The van der Waals surface area contributed by atoms with E-state index in [2.05, 4.69) is 10.8 Å². The smallest absolute Gasteiger partial charge is 0.338 e. The molecule has 7 heteroatoms. The third kappa shape index (κ3) is 4.85. The Balaban J connectivity index is 1.57. The number of hydroxylamine groups is 1. The summed E-state index contributed by atoms with van der Waals surface area (Å²) in [7, 11) is 0. The Morgan fingerprint density at radius 3 is 2.76 bits per heavy atom. The summed E-state index contributed by atoms with van der Waals surface area (Å²) in [6.07, 6.45) is 4.13. The van der Waals surface area contributed by atoms with Crippen LogP contribution in [0.1, 0.15) is 37.7 Å². The maximum absolute atomic E-state index is 12.1. The number of benzene rings is 1. The number of nitrogens with one attached hydrogen (secondary N) is 2. The first kappa shape index (κ1) is 18.5. The number of ether oxygens (including phenoxy) is 2. The Hall–Kier alpha value is -1.34. The van der Waals surface area contributed by atoms with Crippen molar-refractivity contribution in [2.75, 3.05) is 26.4 Å². The van der Waals surface area contributed by atoms with E-state index in [-0.39, 0.29) is 17.7 Å². The fraction of sp³-hybridized carbons (Fsp3) is 0.611. The molecule has 0 spiro atoms. The minimum atomic E-state index is -0.368. The monoisotopic (exact) mass is 368 g/mol. The molecule has 2 amide bonds. The minimum Gasteiger partial charge on any atom is -0.381 e. The van der Waals surface area contributed by atoms with Gasteiger partial charge in [-0.3, -0.25) is 0 Å². The second kappa shape index (κ2) is 8.85. The summed E-state index contributed by atoms with van der Waals surface area (Å²) in [6, 6.07) is 7.43. The molecule has 1 aromatic carbocycles. The van der Waals surface area contributed by atoms with Gasteiger partial charge in [0.25, 0.3) is 0 Å². The Morgan fingerprint density at radius 1 is 1.24 bits per heavy atom. The van der Waals surface area contributed by atoms with Gasteiger partial charge in [0.05, 0.1) is 0 Å². The molecule has 0 unspecified atom stereocenters. The molecule has 0 aliphatic carbocycles. The molecule has 0 saturated carbocycles. The van der Waals surface area contributed by atoms with Crippen molar-refractivity contribution in [2.45, 2.75) is 43.8 Å². The molecular formula is C18H25ClN2O4. The molecule has 0 aromatic heterocycles. The first-order chi connectivity index (χ1) is 12.2.